The number of likely N-dealkylation sites (tertiary alicyclic amines) is 1. The van der Waals surface area contributed by atoms with E-state index in [1.165, 1.54) is 12.8 Å². The van der Waals surface area contributed by atoms with E-state index in [0.29, 0.717) is 29.3 Å². The number of ether oxygens (including phenoxy) is 1. The van der Waals surface area contributed by atoms with Gasteiger partial charge in [0.2, 0.25) is 11.7 Å². The molecule has 118 valence electrons. The largest absolute Gasteiger partial charge is 0.383 e. The van der Waals surface area contributed by atoms with Gasteiger partial charge in [-0.2, -0.15) is 4.98 Å². The van der Waals surface area contributed by atoms with Crippen LogP contribution in [0.15, 0.2) is 28.8 Å². The number of hydrogen-bond acceptors (Lipinski definition) is 5. The number of rotatable bonds is 5. The summed E-state index contributed by atoms with van der Waals surface area (Å²) in [4.78, 5) is 6.86. The van der Waals surface area contributed by atoms with Crippen LogP contribution in [0.5, 0.6) is 0 Å². The molecule has 1 aliphatic heterocycles. The van der Waals surface area contributed by atoms with E-state index in [1.807, 2.05) is 24.3 Å². The van der Waals surface area contributed by atoms with Crippen molar-refractivity contribution in [2.24, 2.45) is 0 Å². The van der Waals surface area contributed by atoms with Crippen molar-refractivity contribution in [3.8, 4) is 11.4 Å². The third-order valence-electron chi connectivity index (χ3n) is 4.02. The van der Waals surface area contributed by atoms with Crippen LogP contribution in [0.25, 0.3) is 11.4 Å². The van der Waals surface area contributed by atoms with Crippen LogP contribution >= 0.6 is 11.6 Å². The molecule has 1 atom stereocenters. The maximum absolute atomic E-state index is 5.90. The Hall–Kier alpha value is -1.43. The molecule has 0 amide bonds. The fraction of sp³-hybridized carbons (Fsp3) is 0.500. The number of nitrogens with zero attached hydrogens (tertiary/aromatic N) is 3. The van der Waals surface area contributed by atoms with Gasteiger partial charge in [-0.1, -0.05) is 23.2 Å². The molecule has 1 aromatic heterocycles. The molecule has 1 aliphatic rings. The van der Waals surface area contributed by atoms with Gasteiger partial charge < -0.3 is 9.26 Å². The van der Waals surface area contributed by atoms with Gasteiger partial charge in [-0.05, 0) is 43.7 Å². The monoisotopic (exact) mass is 321 g/mol. The normalized spacial score (nSPS) is 19.5. The lowest BCUT2D eigenvalue weighted by molar-refractivity contribution is 0.0532. The zero-order chi connectivity index (χ0) is 15.4. The van der Waals surface area contributed by atoms with Crippen LogP contribution in [0.2, 0.25) is 5.02 Å². The second-order valence-electron chi connectivity index (χ2n) is 5.59. The van der Waals surface area contributed by atoms with Crippen LogP contribution in [0.4, 0.5) is 0 Å². The summed E-state index contributed by atoms with van der Waals surface area (Å²) in [6, 6.07) is 7.87. The highest BCUT2D eigenvalue weighted by atomic mass is 35.5. The fourth-order valence-corrected chi connectivity index (χ4v) is 2.98. The molecular formula is C16H20ClN3O2. The summed E-state index contributed by atoms with van der Waals surface area (Å²) in [5, 5.41) is 4.76. The molecule has 1 aromatic carbocycles. The summed E-state index contributed by atoms with van der Waals surface area (Å²) >= 11 is 5.90. The van der Waals surface area contributed by atoms with Crippen LogP contribution < -0.4 is 0 Å². The van der Waals surface area contributed by atoms with Crippen LogP contribution in [0, 0.1) is 0 Å². The average Bonchev–Trinajstić information content (AvgIpc) is 2.99. The third kappa shape index (κ3) is 3.66. The second-order valence-corrected chi connectivity index (χ2v) is 6.03. The zero-order valence-corrected chi connectivity index (χ0v) is 13.4. The molecule has 0 unspecified atom stereocenters. The van der Waals surface area contributed by atoms with Crippen LogP contribution in [-0.2, 0) is 11.3 Å². The van der Waals surface area contributed by atoms with Crippen molar-refractivity contribution in [3.63, 3.8) is 0 Å². The molecule has 2 heterocycles. The zero-order valence-electron chi connectivity index (χ0n) is 12.7. The molecule has 6 heteroatoms. The van der Waals surface area contributed by atoms with Crippen molar-refractivity contribution in [2.45, 2.75) is 31.8 Å². The molecule has 22 heavy (non-hydrogen) atoms. The summed E-state index contributed by atoms with van der Waals surface area (Å²) < 4.78 is 10.7. The summed E-state index contributed by atoms with van der Waals surface area (Å²) in [5.41, 5.74) is 0.909. The smallest absolute Gasteiger partial charge is 0.241 e. The van der Waals surface area contributed by atoms with E-state index in [1.54, 1.807) is 7.11 Å². The molecule has 2 aromatic rings. The molecule has 1 fully saturated rings. The van der Waals surface area contributed by atoms with Crippen molar-refractivity contribution in [1.29, 1.82) is 0 Å². The van der Waals surface area contributed by atoms with Crippen molar-refractivity contribution >= 4 is 11.6 Å². The van der Waals surface area contributed by atoms with E-state index in [4.69, 9.17) is 20.9 Å². The third-order valence-corrected chi connectivity index (χ3v) is 4.27. The van der Waals surface area contributed by atoms with E-state index in [2.05, 4.69) is 15.0 Å². The van der Waals surface area contributed by atoms with Crippen molar-refractivity contribution in [1.82, 2.24) is 15.0 Å². The summed E-state index contributed by atoms with van der Waals surface area (Å²) in [7, 11) is 1.75. The standard InChI is InChI=1S/C16H20ClN3O2/c1-21-11-14-4-2-3-9-20(14)10-15-18-16(19-22-15)12-5-7-13(17)8-6-12/h5-8,14H,2-4,9-11H2,1H3/t14-/m0/s1. The Labute approximate surface area is 135 Å². The van der Waals surface area contributed by atoms with Crippen molar-refractivity contribution in [2.75, 3.05) is 20.3 Å². The number of halogens is 1. The Balaban J connectivity index is 1.69. The number of benzene rings is 1. The van der Waals surface area contributed by atoms with E-state index in [-0.39, 0.29) is 0 Å². The van der Waals surface area contributed by atoms with Crippen molar-refractivity contribution in [3.05, 3.63) is 35.2 Å². The van der Waals surface area contributed by atoms with Gasteiger partial charge in [-0.25, -0.2) is 0 Å². The van der Waals surface area contributed by atoms with E-state index in [0.717, 1.165) is 25.1 Å². The SMILES string of the molecule is COC[C@@H]1CCCCN1Cc1nc(-c2ccc(Cl)cc2)no1. The first-order valence-electron chi connectivity index (χ1n) is 7.58. The Morgan fingerprint density at radius 2 is 2.14 bits per heavy atom. The summed E-state index contributed by atoms with van der Waals surface area (Å²) in [5.74, 6) is 1.25. The Morgan fingerprint density at radius 3 is 2.91 bits per heavy atom. The quantitative estimate of drug-likeness (QED) is 0.845. The average molecular weight is 322 g/mol. The molecule has 0 N–H and O–H groups in total. The van der Waals surface area contributed by atoms with Crippen LogP contribution in [0.1, 0.15) is 25.2 Å². The van der Waals surface area contributed by atoms with Gasteiger partial charge in [0.05, 0.1) is 13.2 Å². The first-order valence-corrected chi connectivity index (χ1v) is 7.95. The minimum atomic E-state index is 0.435. The first-order chi connectivity index (χ1) is 10.8. The Kier molecular flexibility index (Phi) is 5.08. The molecule has 0 saturated carbocycles. The molecule has 3 rings (SSSR count). The van der Waals surface area contributed by atoms with Gasteiger partial charge in [-0.15, -0.1) is 0 Å². The minimum absolute atomic E-state index is 0.435. The Morgan fingerprint density at radius 1 is 1.32 bits per heavy atom. The highest BCUT2D eigenvalue weighted by Crippen LogP contribution is 2.22. The van der Waals surface area contributed by atoms with Gasteiger partial charge in [-0.3, -0.25) is 4.90 Å². The van der Waals surface area contributed by atoms with Gasteiger partial charge in [0.15, 0.2) is 0 Å². The predicted octanol–water partition coefficient (Wildman–Crippen LogP) is 3.39. The molecule has 0 spiro atoms. The van der Waals surface area contributed by atoms with Gasteiger partial charge in [0, 0.05) is 23.7 Å². The minimum Gasteiger partial charge on any atom is -0.383 e. The molecule has 0 radical (unpaired) electrons. The summed E-state index contributed by atoms with van der Waals surface area (Å²) in [6.45, 7) is 2.47. The summed E-state index contributed by atoms with van der Waals surface area (Å²) in [6.07, 6.45) is 3.62. The molecular weight excluding hydrogens is 302 g/mol. The maximum atomic E-state index is 5.90. The fourth-order valence-electron chi connectivity index (χ4n) is 2.86. The van der Waals surface area contributed by atoms with Crippen LogP contribution in [-0.4, -0.2) is 41.3 Å². The first kappa shape index (κ1) is 15.5. The van der Waals surface area contributed by atoms with Gasteiger partial charge in [0.1, 0.15) is 0 Å². The Bertz CT molecular complexity index is 598. The van der Waals surface area contributed by atoms with E-state index >= 15 is 0 Å². The molecule has 1 saturated heterocycles. The molecule has 0 bridgehead atoms. The maximum Gasteiger partial charge on any atom is 0.241 e. The van der Waals surface area contributed by atoms with E-state index in [9.17, 15) is 0 Å². The predicted molar refractivity (Wildman–Crippen MR) is 84.7 cm³/mol. The molecule has 0 aliphatic carbocycles. The lowest BCUT2D eigenvalue weighted by Gasteiger charge is -2.34. The number of methoxy groups -OCH3 is 1. The molecule has 5 nitrogen and oxygen atoms in total. The van der Waals surface area contributed by atoms with Gasteiger partial charge in [0.25, 0.3) is 0 Å². The lowest BCUT2D eigenvalue weighted by atomic mass is 10.0. The highest BCUT2D eigenvalue weighted by molar-refractivity contribution is 6.30. The number of hydrogen-bond donors (Lipinski definition) is 0. The van der Waals surface area contributed by atoms with Crippen molar-refractivity contribution < 1.29 is 9.26 Å². The lowest BCUT2D eigenvalue weighted by Crippen LogP contribution is -2.41. The number of piperidine rings is 1. The van der Waals surface area contributed by atoms with Crippen LogP contribution in [0.3, 0.4) is 0 Å². The topological polar surface area (TPSA) is 51.4 Å². The second kappa shape index (κ2) is 7.22. The number of aromatic nitrogens is 2. The van der Waals surface area contributed by atoms with Gasteiger partial charge >= 0.3 is 0 Å². The van der Waals surface area contributed by atoms with E-state index < -0.39 is 0 Å². The highest BCUT2D eigenvalue weighted by Gasteiger charge is 2.24.